The Morgan fingerprint density at radius 1 is 1.00 bits per heavy atom. The molecule has 0 unspecified atom stereocenters. The van der Waals surface area contributed by atoms with Gasteiger partial charge in [-0.3, -0.25) is 4.99 Å². The van der Waals surface area contributed by atoms with Gasteiger partial charge in [0.1, 0.15) is 12.4 Å². The van der Waals surface area contributed by atoms with Crippen LogP contribution in [0.15, 0.2) is 77.8 Å². The Morgan fingerprint density at radius 2 is 1.69 bits per heavy atom. The van der Waals surface area contributed by atoms with Gasteiger partial charge in [-0.05, 0) is 54.1 Å². The normalized spacial score (nSPS) is 10.8. The number of benzene rings is 3. The summed E-state index contributed by atoms with van der Waals surface area (Å²) in [6, 6.07) is 21.5. The number of carboxylic acids is 1. The lowest BCUT2D eigenvalue weighted by Gasteiger charge is -2.09. The molecule has 0 bridgehead atoms. The molecule has 0 spiro atoms. The summed E-state index contributed by atoms with van der Waals surface area (Å²) in [5, 5.41) is 9.60. The van der Waals surface area contributed by atoms with Gasteiger partial charge in [-0.15, -0.1) is 0 Å². The second-order valence-corrected chi connectivity index (χ2v) is 6.00. The van der Waals surface area contributed by atoms with Crippen molar-refractivity contribution in [3.63, 3.8) is 0 Å². The van der Waals surface area contributed by atoms with E-state index in [-0.39, 0.29) is 5.56 Å². The maximum atomic E-state index is 10.9. The Hall–Kier alpha value is -3.11. The Labute approximate surface area is 156 Å². The van der Waals surface area contributed by atoms with Crippen molar-refractivity contribution in [2.24, 2.45) is 4.99 Å². The molecule has 3 rings (SSSR count). The van der Waals surface area contributed by atoms with Crippen LogP contribution in [0.4, 0.5) is 5.69 Å². The van der Waals surface area contributed by atoms with Crippen LogP contribution in [0.1, 0.15) is 21.5 Å². The maximum absolute atomic E-state index is 10.9. The number of carboxylic acid groups (broad SMARTS) is 1. The summed E-state index contributed by atoms with van der Waals surface area (Å²) in [5.41, 5.74) is 2.79. The third-order valence-corrected chi connectivity index (χ3v) is 3.95. The molecule has 3 aromatic rings. The number of ether oxygens (including phenoxy) is 1. The van der Waals surface area contributed by atoms with Crippen molar-refractivity contribution in [3.8, 4) is 5.75 Å². The number of rotatable bonds is 6. The fourth-order valence-corrected chi connectivity index (χ4v) is 2.42. The first-order valence-electron chi connectivity index (χ1n) is 7.95. The first kappa shape index (κ1) is 17.7. The first-order chi connectivity index (χ1) is 12.6. The maximum Gasteiger partial charge on any atom is 0.335 e. The molecular formula is C21H16ClNO3. The van der Waals surface area contributed by atoms with E-state index in [1.165, 1.54) is 0 Å². The second kappa shape index (κ2) is 8.32. The third-order valence-electron chi connectivity index (χ3n) is 3.69. The molecule has 0 saturated heterocycles. The number of nitrogens with zero attached hydrogens (tertiary/aromatic N) is 1. The lowest BCUT2D eigenvalue weighted by atomic mass is 10.1. The Balaban J connectivity index is 1.70. The quantitative estimate of drug-likeness (QED) is 0.597. The molecular weight excluding hydrogens is 350 g/mol. The number of halogens is 1. The van der Waals surface area contributed by atoms with Gasteiger partial charge in [-0.1, -0.05) is 35.9 Å². The predicted octanol–water partition coefficient (Wildman–Crippen LogP) is 5.37. The van der Waals surface area contributed by atoms with E-state index < -0.39 is 5.97 Å². The molecule has 3 aromatic carbocycles. The highest BCUT2D eigenvalue weighted by Crippen LogP contribution is 2.20. The molecule has 0 heterocycles. The zero-order valence-corrected chi connectivity index (χ0v) is 14.6. The van der Waals surface area contributed by atoms with Crippen LogP contribution in [-0.4, -0.2) is 17.3 Å². The summed E-state index contributed by atoms with van der Waals surface area (Å²) < 4.78 is 5.87. The zero-order valence-electron chi connectivity index (χ0n) is 13.8. The van der Waals surface area contributed by atoms with E-state index >= 15 is 0 Å². The zero-order chi connectivity index (χ0) is 18.4. The molecule has 0 aliphatic heterocycles. The van der Waals surface area contributed by atoms with E-state index in [2.05, 4.69) is 4.99 Å². The molecule has 0 aliphatic rings. The number of hydrogen-bond donors (Lipinski definition) is 1. The van der Waals surface area contributed by atoms with Gasteiger partial charge in [0.05, 0.1) is 11.3 Å². The van der Waals surface area contributed by atoms with Crippen LogP contribution in [0, 0.1) is 0 Å². The molecule has 0 amide bonds. The average Bonchev–Trinajstić information content (AvgIpc) is 2.67. The van der Waals surface area contributed by atoms with Crippen LogP contribution in [0.2, 0.25) is 5.02 Å². The minimum Gasteiger partial charge on any atom is -0.488 e. The average molecular weight is 366 g/mol. The number of aliphatic imine (C=N–C) groups is 1. The monoisotopic (exact) mass is 365 g/mol. The van der Waals surface area contributed by atoms with E-state index in [1.807, 2.05) is 36.4 Å². The molecule has 0 aromatic heterocycles. The summed E-state index contributed by atoms with van der Waals surface area (Å²) in [6.07, 6.45) is 1.74. The standard InChI is InChI=1S/C21H16ClNO3/c22-18-9-11-19(12-10-18)23-13-17-3-1-2-4-20(17)26-14-15-5-7-16(8-6-15)21(24)25/h1-13H,14H2,(H,24,25). The van der Waals surface area contributed by atoms with Gasteiger partial charge in [0.2, 0.25) is 0 Å². The van der Waals surface area contributed by atoms with Crippen LogP contribution < -0.4 is 4.74 Å². The Morgan fingerprint density at radius 3 is 2.38 bits per heavy atom. The Kier molecular flexibility index (Phi) is 5.66. The van der Waals surface area contributed by atoms with Gasteiger partial charge < -0.3 is 9.84 Å². The van der Waals surface area contributed by atoms with E-state index in [4.69, 9.17) is 21.4 Å². The fourth-order valence-electron chi connectivity index (χ4n) is 2.29. The lowest BCUT2D eigenvalue weighted by molar-refractivity contribution is 0.0697. The molecule has 0 fully saturated rings. The highest BCUT2D eigenvalue weighted by Gasteiger charge is 2.04. The minimum absolute atomic E-state index is 0.254. The first-order valence-corrected chi connectivity index (χ1v) is 8.33. The fraction of sp³-hybridized carbons (Fsp3) is 0.0476. The number of aromatic carboxylic acids is 1. The molecule has 0 radical (unpaired) electrons. The van der Waals surface area contributed by atoms with Crippen molar-refractivity contribution in [1.29, 1.82) is 0 Å². The van der Waals surface area contributed by atoms with Gasteiger partial charge in [0.25, 0.3) is 0 Å². The molecule has 4 nitrogen and oxygen atoms in total. The highest BCUT2D eigenvalue weighted by molar-refractivity contribution is 6.30. The number of hydrogen-bond acceptors (Lipinski definition) is 3. The van der Waals surface area contributed by atoms with Crippen LogP contribution in [0.5, 0.6) is 5.75 Å². The van der Waals surface area contributed by atoms with Gasteiger partial charge in [0.15, 0.2) is 0 Å². The lowest BCUT2D eigenvalue weighted by Crippen LogP contribution is -2.00. The van der Waals surface area contributed by atoms with E-state index in [1.54, 1.807) is 42.6 Å². The topological polar surface area (TPSA) is 58.9 Å². The van der Waals surface area contributed by atoms with Crippen molar-refractivity contribution < 1.29 is 14.6 Å². The van der Waals surface area contributed by atoms with Gasteiger partial charge >= 0.3 is 5.97 Å². The summed E-state index contributed by atoms with van der Waals surface area (Å²) in [5.74, 6) is -0.242. The van der Waals surface area contributed by atoms with Gasteiger partial charge in [-0.2, -0.15) is 0 Å². The third kappa shape index (κ3) is 4.71. The van der Waals surface area contributed by atoms with Crippen molar-refractivity contribution in [1.82, 2.24) is 0 Å². The van der Waals surface area contributed by atoms with Crippen LogP contribution in [0.25, 0.3) is 0 Å². The number of para-hydroxylation sites is 1. The predicted molar refractivity (Wildman–Crippen MR) is 103 cm³/mol. The summed E-state index contributed by atoms with van der Waals surface area (Å²) in [7, 11) is 0. The van der Waals surface area contributed by atoms with Crippen molar-refractivity contribution in [2.75, 3.05) is 0 Å². The molecule has 0 saturated carbocycles. The second-order valence-electron chi connectivity index (χ2n) is 5.56. The minimum atomic E-state index is -0.943. The van der Waals surface area contributed by atoms with Gasteiger partial charge in [0, 0.05) is 16.8 Å². The molecule has 0 atom stereocenters. The van der Waals surface area contributed by atoms with Crippen molar-refractivity contribution in [3.05, 3.63) is 94.5 Å². The smallest absolute Gasteiger partial charge is 0.335 e. The molecule has 26 heavy (non-hydrogen) atoms. The molecule has 1 N–H and O–H groups in total. The van der Waals surface area contributed by atoms with Crippen molar-refractivity contribution >= 4 is 29.5 Å². The van der Waals surface area contributed by atoms with E-state index in [0.717, 1.165) is 16.8 Å². The van der Waals surface area contributed by atoms with Gasteiger partial charge in [-0.25, -0.2) is 4.79 Å². The SMILES string of the molecule is O=C(O)c1ccc(COc2ccccc2C=Nc2ccc(Cl)cc2)cc1. The van der Waals surface area contributed by atoms with Crippen LogP contribution in [0.3, 0.4) is 0 Å². The molecule has 5 heteroatoms. The van der Waals surface area contributed by atoms with Crippen LogP contribution >= 0.6 is 11.6 Å². The number of carbonyl (C=O) groups is 1. The molecule has 130 valence electrons. The summed E-state index contributed by atoms with van der Waals surface area (Å²) in [6.45, 7) is 0.339. The highest BCUT2D eigenvalue weighted by atomic mass is 35.5. The van der Waals surface area contributed by atoms with Crippen LogP contribution in [-0.2, 0) is 6.61 Å². The van der Waals surface area contributed by atoms with E-state index in [9.17, 15) is 4.79 Å². The Bertz CT molecular complexity index is 919. The van der Waals surface area contributed by atoms with E-state index in [0.29, 0.717) is 17.4 Å². The molecule has 0 aliphatic carbocycles. The summed E-state index contributed by atoms with van der Waals surface area (Å²) >= 11 is 5.88. The van der Waals surface area contributed by atoms with Crippen molar-refractivity contribution in [2.45, 2.75) is 6.61 Å². The largest absolute Gasteiger partial charge is 0.488 e. The summed E-state index contributed by atoms with van der Waals surface area (Å²) in [4.78, 5) is 15.3.